The Balaban J connectivity index is 1.19. The molecular weight excluding hydrogens is 347 g/mol. The van der Waals surface area contributed by atoms with Crippen molar-refractivity contribution in [3.63, 3.8) is 0 Å². The first-order chi connectivity index (χ1) is 13.2. The fraction of sp³-hybridized carbons (Fsp3) is 1.00. The van der Waals surface area contributed by atoms with E-state index in [1.165, 1.54) is 77.7 Å². The van der Waals surface area contributed by atoms with Gasteiger partial charge in [-0.05, 0) is 127 Å². The van der Waals surface area contributed by atoms with E-state index in [0.717, 1.165) is 25.2 Å². The van der Waals surface area contributed by atoms with Gasteiger partial charge in [0, 0.05) is 12.6 Å². The third-order valence-corrected chi connectivity index (χ3v) is 8.69. The lowest BCUT2D eigenvalue weighted by molar-refractivity contribution is -0.114. The van der Waals surface area contributed by atoms with Crippen molar-refractivity contribution in [1.82, 2.24) is 9.80 Å². The Hall–Kier alpha value is -0.150. The molecule has 2 aliphatic carbocycles. The summed E-state index contributed by atoms with van der Waals surface area (Å²) in [4.78, 5) is 5.28. The molecular formula is C25H45FN2. The van der Waals surface area contributed by atoms with Crippen LogP contribution in [0.15, 0.2) is 0 Å². The average Bonchev–Trinajstić information content (AvgIpc) is 3.34. The second-order valence-corrected chi connectivity index (χ2v) is 12.2. The van der Waals surface area contributed by atoms with E-state index in [1.807, 2.05) is 0 Å². The second-order valence-electron chi connectivity index (χ2n) is 12.2. The fourth-order valence-electron chi connectivity index (χ4n) is 7.11. The van der Waals surface area contributed by atoms with Gasteiger partial charge < -0.3 is 9.80 Å². The zero-order valence-corrected chi connectivity index (χ0v) is 19.1. The van der Waals surface area contributed by atoms with E-state index in [0.29, 0.717) is 22.8 Å². The van der Waals surface area contributed by atoms with E-state index in [-0.39, 0.29) is 0 Å². The van der Waals surface area contributed by atoms with E-state index in [9.17, 15) is 0 Å². The van der Waals surface area contributed by atoms with Gasteiger partial charge in [0.2, 0.25) is 0 Å². The summed E-state index contributed by atoms with van der Waals surface area (Å²) < 4.78 is 15.5. The lowest BCUT2D eigenvalue weighted by Crippen LogP contribution is -2.55. The van der Waals surface area contributed by atoms with E-state index in [2.05, 4.69) is 37.5 Å². The predicted molar refractivity (Wildman–Crippen MR) is 116 cm³/mol. The van der Waals surface area contributed by atoms with Gasteiger partial charge in [0.15, 0.2) is 0 Å². The standard InChI is InChI=1S/C25H45FN2/c1-20(2)15-23(7-8-23)19-27-13-9-24(10-14-27)17-25(26,18-24)16-22-5-11-28(12-6-22)21(3)4/h20-22H,5-19H2,1-4H3. The molecule has 4 rings (SSSR count). The quantitative estimate of drug-likeness (QED) is 0.531. The highest BCUT2D eigenvalue weighted by molar-refractivity contribution is 5.08. The maximum absolute atomic E-state index is 15.5. The molecule has 0 radical (unpaired) electrons. The number of rotatable bonds is 7. The highest BCUT2D eigenvalue weighted by Crippen LogP contribution is 2.60. The Kier molecular flexibility index (Phi) is 5.90. The summed E-state index contributed by atoms with van der Waals surface area (Å²) in [6, 6.07) is 0.646. The van der Waals surface area contributed by atoms with Crippen LogP contribution in [0, 0.1) is 22.7 Å². The zero-order chi connectivity index (χ0) is 20.0. The minimum absolute atomic E-state index is 0.360. The van der Waals surface area contributed by atoms with Crippen LogP contribution in [0.5, 0.6) is 0 Å². The maximum atomic E-state index is 15.5. The lowest BCUT2D eigenvalue weighted by Gasteiger charge is -2.56. The van der Waals surface area contributed by atoms with Crippen molar-refractivity contribution < 1.29 is 4.39 Å². The van der Waals surface area contributed by atoms with Crippen molar-refractivity contribution in [3.05, 3.63) is 0 Å². The summed E-state index contributed by atoms with van der Waals surface area (Å²) in [5, 5.41) is 0. The average molecular weight is 393 g/mol. The SMILES string of the molecule is CC(C)CC1(CN2CCC3(CC2)CC(F)(CC2CCN(C(C)C)CC2)C3)CC1. The fourth-order valence-corrected chi connectivity index (χ4v) is 7.11. The predicted octanol–water partition coefficient (Wildman–Crippen LogP) is 5.91. The maximum Gasteiger partial charge on any atom is 0.112 e. The van der Waals surface area contributed by atoms with Crippen LogP contribution in [0.4, 0.5) is 4.39 Å². The van der Waals surface area contributed by atoms with Crippen LogP contribution in [0.3, 0.4) is 0 Å². The van der Waals surface area contributed by atoms with Gasteiger partial charge in [0.1, 0.15) is 5.67 Å². The number of hydrogen-bond acceptors (Lipinski definition) is 2. The molecule has 2 nitrogen and oxygen atoms in total. The van der Waals surface area contributed by atoms with Gasteiger partial charge in [0.25, 0.3) is 0 Å². The van der Waals surface area contributed by atoms with Crippen molar-refractivity contribution in [2.45, 2.75) is 104 Å². The Morgan fingerprint density at radius 2 is 1.50 bits per heavy atom. The first kappa shape index (κ1) is 21.1. The number of nitrogens with zero attached hydrogens (tertiary/aromatic N) is 2. The summed E-state index contributed by atoms with van der Waals surface area (Å²) in [5.41, 5.74) is 0.174. The highest BCUT2D eigenvalue weighted by atomic mass is 19.1. The molecule has 4 fully saturated rings. The minimum Gasteiger partial charge on any atom is -0.303 e. The molecule has 2 aliphatic heterocycles. The third-order valence-electron chi connectivity index (χ3n) is 8.69. The first-order valence-corrected chi connectivity index (χ1v) is 12.4. The minimum atomic E-state index is -0.831. The number of piperidine rings is 2. The van der Waals surface area contributed by atoms with Crippen molar-refractivity contribution in [2.24, 2.45) is 22.7 Å². The summed E-state index contributed by atoms with van der Waals surface area (Å²) in [6.45, 7) is 15.4. The molecule has 0 atom stereocenters. The molecule has 2 heterocycles. The molecule has 1 spiro atoms. The Morgan fingerprint density at radius 1 is 0.893 bits per heavy atom. The summed E-state index contributed by atoms with van der Waals surface area (Å²) in [6.07, 6.45) is 11.8. The summed E-state index contributed by atoms with van der Waals surface area (Å²) >= 11 is 0. The molecule has 0 bridgehead atoms. The number of alkyl halides is 1. The largest absolute Gasteiger partial charge is 0.303 e. The van der Waals surface area contributed by atoms with Crippen LogP contribution in [0.2, 0.25) is 0 Å². The molecule has 2 saturated carbocycles. The van der Waals surface area contributed by atoms with Crippen molar-refractivity contribution in [2.75, 3.05) is 32.7 Å². The summed E-state index contributed by atoms with van der Waals surface area (Å²) in [7, 11) is 0. The van der Waals surface area contributed by atoms with Gasteiger partial charge in [-0.3, -0.25) is 0 Å². The Morgan fingerprint density at radius 3 is 2.00 bits per heavy atom. The number of likely N-dealkylation sites (tertiary alicyclic amines) is 2. The highest BCUT2D eigenvalue weighted by Gasteiger charge is 2.56. The third kappa shape index (κ3) is 4.77. The van der Waals surface area contributed by atoms with Crippen LogP contribution in [0.25, 0.3) is 0 Å². The second kappa shape index (κ2) is 7.84. The van der Waals surface area contributed by atoms with Gasteiger partial charge >= 0.3 is 0 Å². The van der Waals surface area contributed by atoms with Crippen molar-refractivity contribution >= 4 is 0 Å². The molecule has 4 aliphatic rings. The van der Waals surface area contributed by atoms with Gasteiger partial charge in [-0.1, -0.05) is 13.8 Å². The van der Waals surface area contributed by atoms with E-state index in [1.54, 1.807) is 0 Å². The molecule has 3 heteroatoms. The molecule has 162 valence electrons. The van der Waals surface area contributed by atoms with E-state index < -0.39 is 5.67 Å². The molecule has 28 heavy (non-hydrogen) atoms. The van der Waals surface area contributed by atoms with Crippen LogP contribution in [-0.4, -0.2) is 54.2 Å². The van der Waals surface area contributed by atoms with Crippen molar-refractivity contribution in [3.8, 4) is 0 Å². The van der Waals surface area contributed by atoms with Crippen LogP contribution >= 0.6 is 0 Å². The monoisotopic (exact) mass is 392 g/mol. The van der Waals surface area contributed by atoms with Gasteiger partial charge in [0.05, 0.1) is 0 Å². The molecule has 0 aromatic heterocycles. The van der Waals surface area contributed by atoms with Crippen LogP contribution < -0.4 is 0 Å². The Labute approximate surface area is 173 Å². The molecule has 2 saturated heterocycles. The molecule has 0 aromatic carbocycles. The van der Waals surface area contributed by atoms with E-state index >= 15 is 4.39 Å². The van der Waals surface area contributed by atoms with Crippen LogP contribution in [0.1, 0.15) is 91.9 Å². The molecule has 0 aromatic rings. The molecule has 0 unspecified atom stereocenters. The zero-order valence-electron chi connectivity index (χ0n) is 19.1. The normalized spacial score (nSPS) is 30.1. The summed E-state index contributed by atoms with van der Waals surface area (Å²) in [5.74, 6) is 1.45. The lowest BCUT2D eigenvalue weighted by atomic mass is 9.54. The smallest absolute Gasteiger partial charge is 0.112 e. The van der Waals surface area contributed by atoms with Gasteiger partial charge in [-0.25, -0.2) is 4.39 Å². The Bertz CT molecular complexity index is 515. The van der Waals surface area contributed by atoms with Gasteiger partial charge in [-0.15, -0.1) is 0 Å². The molecule has 0 amide bonds. The van der Waals surface area contributed by atoms with Crippen molar-refractivity contribution in [1.29, 1.82) is 0 Å². The van der Waals surface area contributed by atoms with Crippen LogP contribution in [-0.2, 0) is 0 Å². The molecule has 0 N–H and O–H groups in total. The number of halogens is 1. The topological polar surface area (TPSA) is 6.48 Å². The van der Waals surface area contributed by atoms with Gasteiger partial charge in [-0.2, -0.15) is 0 Å². The first-order valence-electron chi connectivity index (χ1n) is 12.4. The number of hydrogen-bond donors (Lipinski definition) is 0. The van der Waals surface area contributed by atoms with E-state index in [4.69, 9.17) is 0 Å².